The quantitative estimate of drug-likeness (QED) is 0.0306. The predicted molar refractivity (Wildman–Crippen MR) is 166 cm³/mol. The van der Waals surface area contributed by atoms with Gasteiger partial charge in [0.15, 0.2) is 0 Å². The molecule has 0 aliphatic carbocycles. The average Bonchev–Trinajstić information content (AvgIpc) is 2.89. The summed E-state index contributed by atoms with van der Waals surface area (Å²) in [6.07, 6.45) is 33.8. The Morgan fingerprint density at radius 2 is 0.575 bits per heavy atom. The maximum absolute atomic E-state index is 9.51. The minimum atomic E-state index is -5.02. The lowest BCUT2D eigenvalue weighted by molar-refractivity contribution is -0.105. The Labute approximate surface area is 247 Å². The molecule has 0 saturated carbocycles. The summed E-state index contributed by atoms with van der Waals surface area (Å²) in [5.74, 6) is 0. The van der Waals surface area contributed by atoms with Crippen LogP contribution in [0.3, 0.4) is 0 Å². The van der Waals surface area contributed by atoms with Crippen LogP contribution in [0.4, 0.5) is 0 Å². The van der Waals surface area contributed by atoms with Crippen molar-refractivity contribution in [2.24, 2.45) is 11.5 Å². The van der Waals surface area contributed by atoms with Crippen molar-refractivity contribution in [1.82, 2.24) is 0 Å². The summed E-state index contributed by atoms with van der Waals surface area (Å²) >= 11 is 0. The second kappa shape index (κ2) is 34.9. The van der Waals surface area contributed by atoms with E-state index < -0.39 is 20.8 Å². The van der Waals surface area contributed by atoms with Crippen LogP contribution >= 0.6 is 0 Å². The lowest BCUT2D eigenvalue weighted by Crippen LogP contribution is -2.10. The zero-order valence-corrected chi connectivity index (χ0v) is 27.3. The van der Waals surface area contributed by atoms with Crippen molar-refractivity contribution in [2.45, 2.75) is 168 Å². The molecule has 0 rings (SSSR count). The highest BCUT2D eigenvalue weighted by Gasteiger charge is 2.13. The van der Waals surface area contributed by atoms with Gasteiger partial charge in [-0.2, -0.15) is 16.8 Å². The monoisotopic (exact) mass is 620 g/mol. The average molecular weight is 621 g/mol. The molecule has 0 aromatic carbocycles. The molecule has 0 spiro atoms. The van der Waals surface area contributed by atoms with Gasteiger partial charge in [-0.3, -0.25) is 9.11 Å². The van der Waals surface area contributed by atoms with Gasteiger partial charge in [-0.25, -0.2) is 0 Å². The summed E-state index contributed by atoms with van der Waals surface area (Å²) < 4.78 is 58.9. The first-order valence-corrected chi connectivity index (χ1v) is 18.5. The van der Waals surface area contributed by atoms with Gasteiger partial charge in [-0.1, -0.05) is 164 Å². The zero-order valence-electron chi connectivity index (χ0n) is 25.7. The van der Waals surface area contributed by atoms with Gasteiger partial charge in [-0.15, -0.1) is 0 Å². The first-order chi connectivity index (χ1) is 19.0. The van der Waals surface area contributed by atoms with Crippen LogP contribution in [0, 0.1) is 0 Å². The van der Waals surface area contributed by atoms with Crippen molar-refractivity contribution in [1.29, 1.82) is 0 Å². The molecule has 10 nitrogen and oxygen atoms in total. The van der Waals surface area contributed by atoms with E-state index in [2.05, 4.69) is 22.5 Å². The van der Waals surface area contributed by atoms with Crippen LogP contribution in [-0.2, 0) is 29.5 Å². The standard InChI is InChI=1S/2C14H31N.H2O8S2/c2*1-2-3-4-5-6-7-8-9-10-11-12-13-14-15;1-9(2,3)7-8-10(4,5)6/h2*2-15H2,1H3;(H,1,2,3)(H,4,5,6). The molecule has 0 bridgehead atoms. The molecule has 246 valence electrons. The fourth-order valence-corrected chi connectivity index (χ4v) is 4.60. The van der Waals surface area contributed by atoms with Crippen LogP contribution in [0.5, 0.6) is 0 Å². The normalized spacial score (nSPS) is 11.4. The molecule has 0 aromatic heterocycles. The van der Waals surface area contributed by atoms with E-state index in [1.165, 1.54) is 154 Å². The molecule has 0 atom stereocenters. The summed E-state index contributed by atoms with van der Waals surface area (Å²) in [6.45, 7) is 6.30. The van der Waals surface area contributed by atoms with Crippen molar-refractivity contribution in [3.8, 4) is 0 Å². The van der Waals surface area contributed by atoms with Gasteiger partial charge in [0.05, 0.1) is 0 Å². The van der Waals surface area contributed by atoms with E-state index in [0.717, 1.165) is 13.1 Å². The maximum atomic E-state index is 9.51. The molecule has 0 aliphatic heterocycles. The summed E-state index contributed by atoms with van der Waals surface area (Å²) in [7, 11) is -10.0. The van der Waals surface area contributed by atoms with E-state index in [1.807, 2.05) is 0 Å². The molecule has 40 heavy (non-hydrogen) atoms. The Kier molecular flexibility index (Phi) is 38.4. The fourth-order valence-electron chi connectivity index (χ4n) is 4.04. The lowest BCUT2D eigenvalue weighted by atomic mass is 10.1. The zero-order chi connectivity index (χ0) is 30.8. The van der Waals surface area contributed by atoms with E-state index in [-0.39, 0.29) is 0 Å². The topological polar surface area (TPSA) is 179 Å². The third-order valence-corrected chi connectivity index (χ3v) is 6.88. The summed E-state index contributed by atoms with van der Waals surface area (Å²) in [5, 5.41) is 0. The smallest absolute Gasteiger partial charge is 0.330 e. The summed E-state index contributed by atoms with van der Waals surface area (Å²) in [6, 6.07) is 0. The van der Waals surface area contributed by atoms with E-state index >= 15 is 0 Å². The summed E-state index contributed by atoms with van der Waals surface area (Å²) in [5.41, 5.74) is 10.9. The molecular weight excluding hydrogens is 556 g/mol. The van der Waals surface area contributed by atoms with Crippen LogP contribution in [-0.4, -0.2) is 39.0 Å². The Bertz CT molecular complexity index is 596. The predicted octanol–water partition coefficient (Wildman–Crippen LogP) is 7.83. The molecule has 0 aliphatic rings. The van der Waals surface area contributed by atoms with Gasteiger partial charge in [0, 0.05) is 0 Å². The third kappa shape index (κ3) is 53.8. The first kappa shape index (κ1) is 44.1. The number of unbranched alkanes of at least 4 members (excludes halogenated alkanes) is 22. The SMILES string of the molecule is CCCCCCCCCCCCCCN.CCCCCCCCCCCCCCN.O=S(=O)(O)OOS(=O)(=O)O. The number of rotatable bonds is 27. The lowest BCUT2D eigenvalue weighted by Gasteiger charge is -2.01. The van der Waals surface area contributed by atoms with Crippen molar-refractivity contribution < 1.29 is 34.6 Å². The molecule has 0 unspecified atom stereocenters. The Balaban J connectivity index is -0.000000525. The highest BCUT2D eigenvalue weighted by molar-refractivity contribution is 7.83. The first-order valence-electron chi connectivity index (χ1n) is 15.8. The minimum Gasteiger partial charge on any atom is -0.330 e. The molecule has 0 fully saturated rings. The van der Waals surface area contributed by atoms with Gasteiger partial charge >= 0.3 is 20.8 Å². The molecule has 0 radical (unpaired) electrons. The van der Waals surface area contributed by atoms with Gasteiger partial charge in [0.25, 0.3) is 0 Å². The van der Waals surface area contributed by atoms with Crippen LogP contribution in [0.2, 0.25) is 0 Å². The summed E-state index contributed by atoms with van der Waals surface area (Å²) in [4.78, 5) is 0. The van der Waals surface area contributed by atoms with Crippen molar-refractivity contribution in [3.05, 3.63) is 0 Å². The van der Waals surface area contributed by atoms with Crippen molar-refractivity contribution in [3.63, 3.8) is 0 Å². The van der Waals surface area contributed by atoms with E-state index in [9.17, 15) is 16.8 Å². The molecular formula is C28H64N2O8S2. The Morgan fingerprint density at radius 1 is 0.400 bits per heavy atom. The van der Waals surface area contributed by atoms with Crippen LogP contribution in [0.15, 0.2) is 0 Å². The molecule has 6 N–H and O–H groups in total. The molecule has 0 amide bonds. The van der Waals surface area contributed by atoms with Gasteiger partial charge in [0.1, 0.15) is 0 Å². The highest BCUT2D eigenvalue weighted by Crippen LogP contribution is 2.12. The minimum absolute atomic E-state index is 0.872. The number of nitrogens with two attached hydrogens (primary N) is 2. The second-order valence-electron chi connectivity index (χ2n) is 10.3. The van der Waals surface area contributed by atoms with Crippen LogP contribution < -0.4 is 11.5 Å². The molecule has 0 saturated heterocycles. The molecule has 12 heteroatoms. The second-order valence-corrected chi connectivity index (χ2v) is 12.3. The Hall–Kier alpha value is -0.340. The van der Waals surface area contributed by atoms with E-state index in [1.54, 1.807) is 0 Å². The molecule has 0 heterocycles. The number of hydrogen-bond donors (Lipinski definition) is 4. The third-order valence-electron chi connectivity index (χ3n) is 6.32. The highest BCUT2D eigenvalue weighted by atomic mass is 32.3. The largest absolute Gasteiger partial charge is 0.425 e. The van der Waals surface area contributed by atoms with Gasteiger partial charge in [0.2, 0.25) is 0 Å². The van der Waals surface area contributed by atoms with Crippen LogP contribution in [0.1, 0.15) is 168 Å². The Morgan fingerprint density at radius 3 is 0.725 bits per heavy atom. The fraction of sp³-hybridized carbons (Fsp3) is 1.00. The van der Waals surface area contributed by atoms with Gasteiger partial charge in [-0.05, 0) is 25.9 Å². The van der Waals surface area contributed by atoms with E-state index in [4.69, 9.17) is 20.6 Å². The number of hydrogen-bond acceptors (Lipinski definition) is 8. The van der Waals surface area contributed by atoms with Crippen molar-refractivity contribution >= 4 is 20.8 Å². The van der Waals surface area contributed by atoms with Crippen LogP contribution in [0.25, 0.3) is 0 Å². The maximum Gasteiger partial charge on any atom is 0.425 e. The van der Waals surface area contributed by atoms with Crippen molar-refractivity contribution in [2.75, 3.05) is 13.1 Å². The van der Waals surface area contributed by atoms with E-state index in [0.29, 0.717) is 0 Å². The molecule has 0 aromatic rings. The van der Waals surface area contributed by atoms with Gasteiger partial charge < -0.3 is 11.5 Å².